The van der Waals surface area contributed by atoms with Gasteiger partial charge in [-0.3, -0.25) is 0 Å². The molecule has 1 aliphatic rings. The molecule has 0 bridgehead atoms. The highest BCUT2D eigenvalue weighted by Gasteiger charge is 2.15. The summed E-state index contributed by atoms with van der Waals surface area (Å²) in [5.74, 6) is 1.78. The average Bonchev–Trinajstić information content (AvgIpc) is 1.64. The molecule has 0 spiro atoms. The second-order valence-electron chi connectivity index (χ2n) is 3.08. The van der Waals surface area contributed by atoms with E-state index in [-0.39, 0.29) is 0 Å². The van der Waals surface area contributed by atoms with Crippen molar-refractivity contribution in [2.75, 3.05) is 0 Å². The number of rotatable bonds is 0. The predicted molar refractivity (Wildman–Crippen MR) is 38.5 cm³/mol. The summed E-state index contributed by atoms with van der Waals surface area (Å²) >= 11 is 0. The van der Waals surface area contributed by atoms with Crippen LogP contribution in [0.5, 0.6) is 0 Å². The van der Waals surface area contributed by atoms with Gasteiger partial charge in [-0.1, -0.05) is 44.7 Å². The van der Waals surface area contributed by atoms with Crippen molar-refractivity contribution in [1.82, 2.24) is 0 Å². The lowest BCUT2D eigenvalue weighted by Crippen LogP contribution is -2.11. The highest BCUT2D eigenvalue weighted by Crippen LogP contribution is 2.28. The van der Waals surface area contributed by atoms with E-state index < -0.39 is 0 Å². The molecule has 0 N–H and O–H groups in total. The van der Waals surface area contributed by atoms with Gasteiger partial charge in [0.1, 0.15) is 7.28 Å². The maximum Gasteiger partial charge on any atom is 0.117 e. The molecular weight excluding hydrogens is 94.9 g/mol. The Morgan fingerprint density at radius 2 is 1.62 bits per heavy atom. The molecule has 45 valence electrons. The largest absolute Gasteiger partial charge is 0.117 e. The predicted octanol–water partition coefficient (Wildman–Crippen LogP) is 2.49. The van der Waals surface area contributed by atoms with Crippen LogP contribution >= 0.6 is 0 Å². The SMILES string of the molecule is CC1[B]C(C)CCC1. The summed E-state index contributed by atoms with van der Waals surface area (Å²) in [4.78, 5) is 0. The molecule has 2 unspecified atom stereocenters. The average molecular weight is 109 g/mol. The van der Waals surface area contributed by atoms with Crippen molar-refractivity contribution in [3.8, 4) is 0 Å². The molecule has 0 aromatic heterocycles. The maximum absolute atomic E-state index is 2.48. The highest BCUT2D eigenvalue weighted by atomic mass is 14.1. The quantitative estimate of drug-likeness (QED) is 0.419. The van der Waals surface area contributed by atoms with Gasteiger partial charge in [-0.05, 0) is 0 Å². The van der Waals surface area contributed by atoms with Crippen LogP contribution < -0.4 is 0 Å². The third-order valence-corrected chi connectivity index (χ3v) is 1.98. The van der Waals surface area contributed by atoms with Crippen molar-refractivity contribution >= 4 is 7.28 Å². The zero-order chi connectivity index (χ0) is 5.98. The van der Waals surface area contributed by atoms with Crippen LogP contribution in [0, 0.1) is 0 Å². The lowest BCUT2D eigenvalue weighted by molar-refractivity contribution is 0.603. The standard InChI is InChI=1S/C7H14B/c1-6-4-3-5-7(2)8-6/h6-7H,3-5H2,1-2H3. The minimum atomic E-state index is 0.888. The van der Waals surface area contributed by atoms with Crippen LogP contribution in [0.3, 0.4) is 0 Å². The monoisotopic (exact) mass is 109 g/mol. The Balaban J connectivity index is 2.23. The van der Waals surface area contributed by atoms with Crippen LogP contribution in [-0.2, 0) is 0 Å². The number of hydrogen-bond donors (Lipinski definition) is 0. The van der Waals surface area contributed by atoms with Crippen LogP contribution in [-0.4, -0.2) is 7.28 Å². The molecule has 2 atom stereocenters. The molecule has 1 fully saturated rings. The third kappa shape index (κ3) is 1.54. The van der Waals surface area contributed by atoms with Crippen LogP contribution in [0.15, 0.2) is 0 Å². The topological polar surface area (TPSA) is 0 Å². The zero-order valence-electron chi connectivity index (χ0n) is 5.85. The van der Waals surface area contributed by atoms with Gasteiger partial charge in [0.2, 0.25) is 0 Å². The molecule has 0 aromatic rings. The normalized spacial score (nSPS) is 38.8. The Bertz CT molecular complexity index is 62.8. The van der Waals surface area contributed by atoms with Crippen molar-refractivity contribution in [3.05, 3.63) is 0 Å². The first kappa shape index (κ1) is 6.19. The molecule has 1 aliphatic heterocycles. The van der Waals surface area contributed by atoms with E-state index in [1.807, 2.05) is 0 Å². The molecule has 1 heteroatoms. The minimum absolute atomic E-state index is 0.888. The van der Waals surface area contributed by atoms with E-state index >= 15 is 0 Å². The molecular formula is C7H14B. The van der Waals surface area contributed by atoms with Crippen molar-refractivity contribution < 1.29 is 0 Å². The van der Waals surface area contributed by atoms with E-state index in [4.69, 9.17) is 0 Å². The lowest BCUT2D eigenvalue weighted by Gasteiger charge is -2.21. The van der Waals surface area contributed by atoms with Gasteiger partial charge in [-0.15, -0.1) is 0 Å². The fraction of sp³-hybridized carbons (Fsp3) is 1.00. The van der Waals surface area contributed by atoms with E-state index in [0.717, 1.165) is 11.6 Å². The molecule has 0 aromatic carbocycles. The Labute approximate surface area is 52.9 Å². The molecule has 0 aliphatic carbocycles. The summed E-state index contributed by atoms with van der Waals surface area (Å²) in [6.45, 7) is 4.63. The second kappa shape index (κ2) is 2.57. The van der Waals surface area contributed by atoms with E-state index in [2.05, 4.69) is 21.1 Å². The van der Waals surface area contributed by atoms with Crippen molar-refractivity contribution in [1.29, 1.82) is 0 Å². The fourth-order valence-electron chi connectivity index (χ4n) is 1.52. The third-order valence-electron chi connectivity index (χ3n) is 1.98. The zero-order valence-corrected chi connectivity index (χ0v) is 5.85. The van der Waals surface area contributed by atoms with Crippen molar-refractivity contribution in [2.45, 2.75) is 44.7 Å². The Morgan fingerprint density at radius 1 is 1.12 bits per heavy atom. The molecule has 0 saturated carbocycles. The Hall–Kier alpha value is 0.0649. The summed E-state index contributed by atoms with van der Waals surface area (Å²) in [7, 11) is 2.48. The molecule has 1 radical (unpaired) electrons. The molecule has 0 amide bonds. The van der Waals surface area contributed by atoms with Gasteiger partial charge in [0, 0.05) is 0 Å². The summed E-state index contributed by atoms with van der Waals surface area (Å²) in [5, 5.41) is 0. The minimum Gasteiger partial charge on any atom is -0.0714 e. The van der Waals surface area contributed by atoms with Gasteiger partial charge in [0.05, 0.1) is 0 Å². The molecule has 1 saturated heterocycles. The van der Waals surface area contributed by atoms with Crippen LogP contribution in [0.1, 0.15) is 33.1 Å². The van der Waals surface area contributed by atoms with E-state index in [1.165, 1.54) is 19.3 Å². The molecule has 1 heterocycles. The Morgan fingerprint density at radius 3 is 1.88 bits per heavy atom. The van der Waals surface area contributed by atoms with Crippen molar-refractivity contribution in [3.63, 3.8) is 0 Å². The summed E-state index contributed by atoms with van der Waals surface area (Å²) < 4.78 is 0. The summed E-state index contributed by atoms with van der Waals surface area (Å²) in [5.41, 5.74) is 0. The van der Waals surface area contributed by atoms with Gasteiger partial charge < -0.3 is 0 Å². The first-order chi connectivity index (χ1) is 3.79. The lowest BCUT2D eigenvalue weighted by atomic mass is 9.50. The summed E-state index contributed by atoms with van der Waals surface area (Å²) in [6.07, 6.45) is 4.29. The number of hydrogen-bond acceptors (Lipinski definition) is 0. The van der Waals surface area contributed by atoms with Gasteiger partial charge in [-0.25, -0.2) is 0 Å². The first-order valence-electron chi connectivity index (χ1n) is 3.64. The van der Waals surface area contributed by atoms with Gasteiger partial charge in [-0.2, -0.15) is 0 Å². The van der Waals surface area contributed by atoms with Crippen LogP contribution in [0.2, 0.25) is 11.6 Å². The van der Waals surface area contributed by atoms with Crippen LogP contribution in [0.25, 0.3) is 0 Å². The van der Waals surface area contributed by atoms with Gasteiger partial charge in [0.15, 0.2) is 0 Å². The van der Waals surface area contributed by atoms with E-state index in [0.29, 0.717) is 0 Å². The van der Waals surface area contributed by atoms with Crippen molar-refractivity contribution in [2.24, 2.45) is 0 Å². The van der Waals surface area contributed by atoms with Crippen LogP contribution in [0.4, 0.5) is 0 Å². The first-order valence-corrected chi connectivity index (χ1v) is 3.64. The molecule has 1 rings (SSSR count). The summed E-state index contributed by atoms with van der Waals surface area (Å²) in [6, 6.07) is 0. The molecule has 0 nitrogen and oxygen atoms in total. The maximum atomic E-state index is 2.48. The fourth-order valence-corrected chi connectivity index (χ4v) is 1.52. The van der Waals surface area contributed by atoms with E-state index in [9.17, 15) is 0 Å². The second-order valence-corrected chi connectivity index (χ2v) is 3.08. The van der Waals surface area contributed by atoms with Gasteiger partial charge >= 0.3 is 0 Å². The molecule has 8 heavy (non-hydrogen) atoms. The highest BCUT2D eigenvalue weighted by molar-refractivity contribution is 6.39. The van der Waals surface area contributed by atoms with Gasteiger partial charge in [0.25, 0.3) is 0 Å². The van der Waals surface area contributed by atoms with E-state index in [1.54, 1.807) is 0 Å². The Kier molecular flexibility index (Phi) is 1.98. The smallest absolute Gasteiger partial charge is 0.0714 e.